The number of hydrogen-bond acceptors (Lipinski definition) is 4. The monoisotopic (exact) mass is 339 g/mol. The Kier molecular flexibility index (Phi) is 9.10. The summed E-state index contributed by atoms with van der Waals surface area (Å²) in [6.07, 6.45) is 8.51. The van der Waals surface area contributed by atoms with E-state index in [0.29, 0.717) is 38.2 Å². The van der Waals surface area contributed by atoms with Gasteiger partial charge in [0, 0.05) is 12.6 Å². The summed E-state index contributed by atoms with van der Waals surface area (Å²) in [4.78, 5) is 0. The summed E-state index contributed by atoms with van der Waals surface area (Å²) in [5.74, 6) is 0.338. The Labute approximate surface area is 144 Å². The van der Waals surface area contributed by atoms with Crippen molar-refractivity contribution in [3.63, 3.8) is 0 Å². The van der Waals surface area contributed by atoms with Gasteiger partial charge in [-0.3, -0.25) is 0 Å². The molecule has 5 heteroatoms. The van der Waals surface area contributed by atoms with Gasteiger partial charge in [-0.05, 0) is 37.1 Å². The van der Waals surface area contributed by atoms with E-state index in [4.69, 9.17) is 9.47 Å². The van der Waals surface area contributed by atoms with E-state index in [1.165, 1.54) is 57.1 Å². The molecule has 1 atom stereocenters. The Morgan fingerprint density at radius 1 is 1.04 bits per heavy atom. The minimum Gasteiger partial charge on any atom is -0.491 e. The van der Waals surface area contributed by atoms with Crippen LogP contribution in [0.25, 0.3) is 0 Å². The molecule has 0 saturated heterocycles. The zero-order valence-electron chi connectivity index (χ0n) is 14.4. The van der Waals surface area contributed by atoms with Crippen molar-refractivity contribution >= 4 is 0 Å². The van der Waals surface area contributed by atoms with Crippen LogP contribution in [-0.4, -0.2) is 43.6 Å². The van der Waals surface area contributed by atoms with Crippen molar-refractivity contribution in [3.8, 4) is 5.75 Å². The van der Waals surface area contributed by atoms with Gasteiger partial charge in [0.25, 0.3) is 0 Å². The van der Waals surface area contributed by atoms with Gasteiger partial charge in [0.1, 0.15) is 18.2 Å². The second kappa shape index (κ2) is 11.4. The first-order valence-corrected chi connectivity index (χ1v) is 9.11. The standard InChI is InChI=1S/C19H30FNO3/c20-16-8-10-19(11-9-16)24-13-12-23-15-18(22)14-21-17-6-4-2-1-3-5-7-17/h8-11,17-18,21-22H,1-7,12-15H2/t18-/m0/s1. The molecule has 2 N–H and O–H groups in total. The number of aliphatic hydroxyl groups excluding tert-OH is 1. The van der Waals surface area contributed by atoms with Crippen LogP contribution in [0.2, 0.25) is 0 Å². The van der Waals surface area contributed by atoms with Crippen LogP contribution in [0, 0.1) is 5.82 Å². The average molecular weight is 339 g/mol. The zero-order valence-corrected chi connectivity index (χ0v) is 14.4. The van der Waals surface area contributed by atoms with Crippen molar-refractivity contribution in [1.29, 1.82) is 0 Å². The van der Waals surface area contributed by atoms with Gasteiger partial charge in [0.15, 0.2) is 0 Å². The molecule has 0 radical (unpaired) electrons. The molecule has 1 aliphatic carbocycles. The Hall–Kier alpha value is -1.17. The second-order valence-electron chi connectivity index (χ2n) is 6.48. The van der Waals surface area contributed by atoms with Gasteiger partial charge in [0.2, 0.25) is 0 Å². The maximum atomic E-state index is 12.8. The van der Waals surface area contributed by atoms with Crippen LogP contribution in [0.1, 0.15) is 44.9 Å². The summed E-state index contributed by atoms with van der Waals surface area (Å²) in [6.45, 7) is 1.66. The van der Waals surface area contributed by atoms with Crippen LogP contribution in [0.4, 0.5) is 4.39 Å². The maximum absolute atomic E-state index is 12.8. The highest BCUT2D eigenvalue weighted by Gasteiger charge is 2.12. The third-order valence-electron chi connectivity index (χ3n) is 4.37. The summed E-state index contributed by atoms with van der Waals surface area (Å²) in [7, 11) is 0. The largest absolute Gasteiger partial charge is 0.491 e. The number of benzene rings is 1. The fourth-order valence-electron chi connectivity index (χ4n) is 2.99. The van der Waals surface area contributed by atoms with Crippen LogP contribution in [0.3, 0.4) is 0 Å². The van der Waals surface area contributed by atoms with Gasteiger partial charge in [0.05, 0.1) is 19.3 Å². The predicted octanol–water partition coefficient (Wildman–Crippen LogP) is 3.28. The fraction of sp³-hybridized carbons (Fsp3) is 0.684. The van der Waals surface area contributed by atoms with Crippen molar-refractivity contribution in [1.82, 2.24) is 5.32 Å². The lowest BCUT2D eigenvalue weighted by molar-refractivity contribution is 0.0236. The van der Waals surface area contributed by atoms with Gasteiger partial charge >= 0.3 is 0 Å². The minimum atomic E-state index is -0.499. The SMILES string of the molecule is O[C@@H](CNC1CCCCCCC1)COCCOc1ccc(F)cc1. The molecule has 1 aliphatic rings. The highest BCUT2D eigenvalue weighted by molar-refractivity contribution is 5.21. The van der Waals surface area contributed by atoms with E-state index in [-0.39, 0.29) is 5.82 Å². The number of aliphatic hydroxyl groups is 1. The Morgan fingerprint density at radius 3 is 2.42 bits per heavy atom. The van der Waals surface area contributed by atoms with Crippen molar-refractivity contribution < 1.29 is 19.0 Å². The molecular formula is C19H30FNO3. The molecule has 24 heavy (non-hydrogen) atoms. The predicted molar refractivity (Wildman–Crippen MR) is 92.8 cm³/mol. The topological polar surface area (TPSA) is 50.7 Å². The molecule has 1 fully saturated rings. The molecule has 0 unspecified atom stereocenters. The molecular weight excluding hydrogens is 309 g/mol. The van der Waals surface area contributed by atoms with E-state index in [0.717, 1.165) is 0 Å². The molecule has 0 spiro atoms. The van der Waals surface area contributed by atoms with E-state index < -0.39 is 6.10 Å². The molecule has 1 aromatic carbocycles. The first-order chi connectivity index (χ1) is 11.7. The van der Waals surface area contributed by atoms with Crippen molar-refractivity contribution in [2.24, 2.45) is 0 Å². The van der Waals surface area contributed by atoms with Crippen LogP contribution in [0.15, 0.2) is 24.3 Å². The molecule has 0 heterocycles. The van der Waals surface area contributed by atoms with Crippen LogP contribution in [-0.2, 0) is 4.74 Å². The number of nitrogens with one attached hydrogen (secondary N) is 1. The smallest absolute Gasteiger partial charge is 0.123 e. The van der Waals surface area contributed by atoms with E-state index in [2.05, 4.69) is 5.32 Å². The van der Waals surface area contributed by atoms with Crippen molar-refractivity contribution in [2.45, 2.75) is 57.1 Å². The van der Waals surface area contributed by atoms with E-state index in [1.54, 1.807) is 12.1 Å². The Bertz CT molecular complexity index is 433. The van der Waals surface area contributed by atoms with E-state index >= 15 is 0 Å². The lowest BCUT2D eigenvalue weighted by Gasteiger charge is -2.22. The van der Waals surface area contributed by atoms with Gasteiger partial charge in [-0.1, -0.05) is 32.1 Å². The summed E-state index contributed by atoms with van der Waals surface area (Å²) < 4.78 is 23.6. The summed E-state index contributed by atoms with van der Waals surface area (Å²) in [5, 5.41) is 13.4. The second-order valence-corrected chi connectivity index (χ2v) is 6.48. The first-order valence-electron chi connectivity index (χ1n) is 9.11. The molecule has 0 amide bonds. The quantitative estimate of drug-likeness (QED) is 0.678. The molecule has 0 aliphatic heterocycles. The molecule has 0 aromatic heterocycles. The Morgan fingerprint density at radius 2 is 1.71 bits per heavy atom. The van der Waals surface area contributed by atoms with Crippen LogP contribution in [0.5, 0.6) is 5.75 Å². The number of halogens is 1. The lowest BCUT2D eigenvalue weighted by Crippen LogP contribution is -2.38. The number of rotatable bonds is 9. The average Bonchev–Trinajstić information content (AvgIpc) is 2.55. The molecule has 4 nitrogen and oxygen atoms in total. The Balaban J connectivity index is 1.49. The lowest BCUT2D eigenvalue weighted by atomic mass is 9.97. The van der Waals surface area contributed by atoms with Gasteiger partial charge in [-0.15, -0.1) is 0 Å². The van der Waals surface area contributed by atoms with Crippen LogP contribution >= 0.6 is 0 Å². The summed E-state index contributed by atoms with van der Waals surface area (Å²) >= 11 is 0. The van der Waals surface area contributed by atoms with Crippen LogP contribution < -0.4 is 10.1 Å². The van der Waals surface area contributed by atoms with E-state index in [9.17, 15) is 9.50 Å². The van der Waals surface area contributed by atoms with Gasteiger partial charge < -0.3 is 19.9 Å². The molecule has 1 aromatic rings. The van der Waals surface area contributed by atoms with Crippen molar-refractivity contribution in [2.75, 3.05) is 26.4 Å². The number of hydrogen-bond donors (Lipinski definition) is 2. The summed E-state index contributed by atoms with van der Waals surface area (Å²) in [6, 6.07) is 6.43. The number of ether oxygens (including phenoxy) is 2. The van der Waals surface area contributed by atoms with Gasteiger partial charge in [-0.25, -0.2) is 4.39 Å². The molecule has 1 saturated carbocycles. The third kappa shape index (κ3) is 8.08. The van der Waals surface area contributed by atoms with Crippen molar-refractivity contribution in [3.05, 3.63) is 30.1 Å². The molecule has 2 rings (SSSR count). The van der Waals surface area contributed by atoms with Gasteiger partial charge in [-0.2, -0.15) is 0 Å². The summed E-state index contributed by atoms with van der Waals surface area (Å²) in [5.41, 5.74) is 0. The maximum Gasteiger partial charge on any atom is 0.123 e. The molecule has 136 valence electrons. The zero-order chi connectivity index (χ0) is 17.0. The third-order valence-corrected chi connectivity index (χ3v) is 4.37. The highest BCUT2D eigenvalue weighted by Crippen LogP contribution is 2.17. The first kappa shape index (κ1) is 19.2. The highest BCUT2D eigenvalue weighted by atomic mass is 19.1. The fourth-order valence-corrected chi connectivity index (χ4v) is 2.99. The minimum absolute atomic E-state index is 0.279. The van der Waals surface area contributed by atoms with E-state index in [1.807, 2.05) is 0 Å². The normalized spacial score (nSPS) is 17.9. The molecule has 0 bridgehead atoms.